The first-order chi connectivity index (χ1) is 13.2. The average Bonchev–Trinajstić information content (AvgIpc) is 3.01. The van der Waals surface area contributed by atoms with Crippen LogP contribution in [0, 0.1) is 0 Å². The van der Waals surface area contributed by atoms with Crippen LogP contribution in [-0.4, -0.2) is 17.1 Å². The molecule has 3 rings (SSSR count). The van der Waals surface area contributed by atoms with Gasteiger partial charge in [0.1, 0.15) is 0 Å². The van der Waals surface area contributed by atoms with Gasteiger partial charge in [0.2, 0.25) is 5.91 Å². The molecule has 0 aliphatic heterocycles. The molecule has 0 bridgehead atoms. The first-order valence-electron chi connectivity index (χ1n) is 9.18. The number of para-hydroxylation sites is 2. The monoisotopic (exact) mass is 368 g/mol. The van der Waals surface area contributed by atoms with E-state index in [2.05, 4.69) is 5.32 Å². The molecule has 1 amide bonds. The summed E-state index contributed by atoms with van der Waals surface area (Å²) in [5, 5.41) is 2.91. The summed E-state index contributed by atoms with van der Waals surface area (Å²) in [7, 11) is 0. The summed E-state index contributed by atoms with van der Waals surface area (Å²) >= 11 is 0. The first kappa shape index (κ1) is 18.9. The molecule has 142 valence electrons. The van der Waals surface area contributed by atoms with E-state index in [0.29, 0.717) is 44.7 Å². The molecule has 0 unspecified atom stereocenters. The van der Waals surface area contributed by atoms with Gasteiger partial charge < -0.3 is 14.5 Å². The summed E-state index contributed by atoms with van der Waals surface area (Å²) < 4.78 is 12.1. The van der Waals surface area contributed by atoms with Crippen LogP contribution < -0.4 is 11.1 Å². The molecule has 0 aliphatic rings. The number of aryl methyl sites for hydroxylation is 1. The third-order valence-corrected chi connectivity index (χ3v) is 4.34. The Morgan fingerprint density at radius 2 is 1.85 bits per heavy atom. The van der Waals surface area contributed by atoms with E-state index in [9.17, 15) is 9.59 Å². The highest BCUT2D eigenvalue weighted by Gasteiger charge is 2.09. The van der Waals surface area contributed by atoms with Crippen LogP contribution in [-0.2, 0) is 29.2 Å². The number of ether oxygens (including phenoxy) is 1. The second kappa shape index (κ2) is 9.19. The maximum Gasteiger partial charge on any atom is 0.419 e. The fraction of sp³-hybridized carbons (Fsp3) is 0.333. The van der Waals surface area contributed by atoms with E-state index < -0.39 is 0 Å². The Balaban J connectivity index is 1.44. The number of aromatic nitrogens is 1. The molecule has 0 aliphatic carbocycles. The first-order valence-corrected chi connectivity index (χ1v) is 9.18. The summed E-state index contributed by atoms with van der Waals surface area (Å²) in [6.45, 7) is 4.21. The van der Waals surface area contributed by atoms with E-state index >= 15 is 0 Å². The number of rotatable bonds is 9. The minimum Gasteiger partial charge on any atom is -0.408 e. The predicted molar refractivity (Wildman–Crippen MR) is 103 cm³/mol. The summed E-state index contributed by atoms with van der Waals surface area (Å²) in [6, 6.07) is 15.3. The number of nitrogens with one attached hydrogen (secondary N) is 1. The highest BCUT2D eigenvalue weighted by Crippen LogP contribution is 2.12. The van der Waals surface area contributed by atoms with Crippen LogP contribution >= 0.6 is 0 Å². The lowest BCUT2D eigenvalue weighted by Gasteiger charge is -2.07. The molecule has 0 saturated heterocycles. The van der Waals surface area contributed by atoms with Crippen molar-refractivity contribution >= 4 is 17.0 Å². The number of hydrogen-bond donors (Lipinski definition) is 1. The highest BCUT2D eigenvalue weighted by atomic mass is 16.5. The van der Waals surface area contributed by atoms with Gasteiger partial charge >= 0.3 is 5.76 Å². The number of nitrogens with zero attached hydrogens (tertiary/aromatic N) is 1. The zero-order valence-corrected chi connectivity index (χ0v) is 15.4. The van der Waals surface area contributed by atoms with Crippen LogP contribution in [0.15, 0.2) is 57.7 Å². The summed E-state index contributed by atoms with van der Waals surface area (Å²) in [5.41, 5.74) is 3.49. The topological polar surface area (TPSA) is 73.5 Å². The molecule has 0 fully saturated rings. The standard InChI is InChI=1S/C21H24N2O4/c1-2-26-15-17-11-9-16(10-12-17)14-22-20(24)8-5-13-23-18-6-3-4-7-19(18)27-21(23)25/h3-4,6-7,9-12H,2,5,8,13-15H2,1H3,(H,22,24). The van der Waals surface area contributed by atoms with Gasteiger partial charge in [-0.3, -0.25) is 9.36 Å². The van der Waals surface area contributed by atoms with Crippen LogP contribution in [0.4, 0.5) is 0 Å². The van der Waals surface area contributed by atoms with Gasteiger partial charge in [0.25, 0.3) is 0 Å². The Morgan fingerprint density at radius 1 is 1.11 bits per heavy atom. The number of hydrogen-bond acceptors (Lipinski definition) is 4. The van der Waals surface area contributed by atoms with Crippen LogP contribution in [0.25, 0.3) is 11.1 Å². The van der Waals surface area contributed by atoms with Crippen LogP contribution in [0.1, 0.15) is 30.9 Å². The zero-order valence-electron chi connectivity index (χ0n) is 15.4. The third-order valence-electron chi connectivity index (χ3n) is 4.34. The van der Waals surface area contributed by atoms with E-state index in [1.165, 1.54) is 0 Å². The van der Waals surface area contributed by atoms with Gasteiger partial charge in [0.05, 0.1) is 12.1 Å². The van der Waals surface area contributed by atoms with E-state index in [0.717, 1.165) is 16.6 Å². The van der Waals surface area contributed by atoms with Crippen molar-refractivity contribution in [3.8, 4) is 0 Å². The number of carbonyl (C=O) groups is 1. The van der Waals surface area contributed by atoms with Gasteiger partial charge in [0, 0.05) is 26.1 Å². The maximum atomic E-state index is 12.1. The van der Waals surface area contributed by atoms with Crippen molar-refractivity contribution in [3.05, 3.63) is 70.2 Å². The van der Waals surface area contributed by atoms with Crippen molar-refractivity contribution < 1.29 is 13.9 Å². The zero-order chi connectivity index (χ0) is 19.1. The minimum absolute atomic E-state index is 0.0331. The van der Waals surface area contributed by atoms with Crippen molar-refractivity contribution in [1.82, 2.24) is 9.88 Å². The Labute approximate surface area is 157 Å². The van der Waals surface area contributed by atoms with Crippen LogP contribution in [0.3, 0.4) is 0 Å². The van der Waals surface area contributed by atoms with Crippen LogP contribution in [0.5, 0.6) is 0 Å². The van der Waals surface area contributed by atoms with Crippen molar-refractivity contribution in [1.29, 1.82) is 0 Å². The van der Waals surface area contributed by atoms with Crippen molar-refractivity contribution in [2.75, 3.05) is 6.61 Å². The van der Waals surface area contributed by atoms with E-state index in [-0.39, 0.29) is 11.7 Å². The van der Waals surface area contributed by atoms with Gasteiger partial charge in [-0.05, 0) is 36.6 Å². The van der Waals surface area contributed by atoms with Gasteiger partial charge in [-0.2, -0.15) is 0 Å². The smallest absolute Gasteiger partial charge is 0.408 e. The Kier molecular flexibility index (Phi) is 6.44. The second-order valence-electron chi connectivity index (χ2n) is 6.32. The fourth-order valence-electron chi connectivity index (χ4n) is 2.89. The van der Waals surface area contributed by atoms with E-state index in [4.69, 9.17) is 9.15 Å². The molecular formula is C21H24N2O4. The molecule has 1 N–H and O–H groups in total. The Hall–Kier alpha value is -2.86. The van der Waals surface area contributed by atoms with E-state index in [1.54, 1.807) is 10.6 Å². The summed E-state index contributed by atoms with van der Waals surface area (Å²) in [4.78, 5) is 24.0. The normalized spacial score (nSPS) is 11.0. The van der Waals surface area contributed by atoms with Gasteiger partial charge in [-0.1, -0.05) is 36.4 Å². The van der Waals surface area contributed by atoms with Crippen molar-refractivity contribution in [2.24, 2.45) is 0 Å². The lowest BCUT2D eigenvalue weighted by Crippen LogP contribution is -2.23. The number of carbonyl (C=O) groups excluding carboxylic acids is 1. The van der Waals surface area contributed by atoms with Crippen molar-refractivity contribution in [3.63, 3.8) is 0 Å². The number of amides is 1. The average molecular weight is 368 g/mol. The van der Waals surface area contributed by atoms with Crippen molar-refractivity contribution in [2.45, 2.75) is 39.5 Å². The number of benzene rings is 2. The van der Waals surface area contributed by atoms with E-state index in [1.807, 2.05) is 49.4 Å². The molecule has 2 aromatic carbocycles. The van der Waals surface area contributed by atoms with Gasteiger partial charge in [0.15, 0.2) is 5.58 Å². The maximum absolute atomic E-state index is 12.1. The Bertz CT molecular complexity index is 941. The molecule has 0 radical (unpaired) electrons. The molecule has 27 heavy (non-hydrogen) atoms. The highest BCUT2D eigenvalue weighted by molar-refractivity contribution is 5.76. The fourth-order valence-corrected chi connectivity index (χ4v) is 2.89. The molecule has 0 saturated carbocycles. The summed E-state index contributed by atoms with van der Waals surface area (Å²) in [6.07, 6.45) is 0.928. The summed E-state index contributed by atoms with van der Waals surface area (Å²) in [5.74, 6) is -0.419. The van der Waals surface area contributed by atoms with Gasteiger partial charge in [-0.25, -0.2) is 4.79 Å². The Morgan fingerprint density at radius 3 is 2.63 bits per heavy atom. The molecule has 6 heteroatoms. The second-order valence-corrected chi connectivity index (χ2v) is 6.32. The lowest BCUT2D eigenvalue weighted by molar-refractivity contribution is -0.121. The minimum atomic E-state index is -0.385. The molecule has 3 aromatic rings. The molecular weight excluding hydrogens is 344 g/mol. The molecule has 0 atom stereocenters. The SMILES string of the molecule is CCOCc1ccc(CNC(=O)CCCn2c(=O)oc3ccccc32)cc1. The third kappa shape index (κ3) is 5.08. The molecule has 1 heterocycles. The number of fused-ring (bicyclic) bond motifs is 1. The largest absolute Gasteiger partial charge is 0.419 e. The number of oxazole rings is 1. The quantitative estimate of drug-likeness (QED) is 0.629. The predicted octanol–water partition coefficient (Wildman–Crippen LogP) is 3.23. The molecule has 0 spiro atoms. The molecule has 1 aromatic heterocycles. The molecule has 6 nitrogen and oxygen atoms in total. The van der Waals surface area contributed by atoms with Gasteiger partial charge in [-0.15, -0.1) is 0 Å². The van der Waals surface area contributed by atoms with Crippen LogP contribution in [0.2, 0.25) is 0 Å². The lowest BCUT2D eigenvalue weighted by atomic mass is 10.1.